The van der Waals surface area contributed by atoms with Gasteiger partial charge in [-0.1, -0.05) is 25.1 Å². The van der Waals surface area contributed by atoms with Crippen LogP contribution in [0.25, 0.3) is 0 Å². The number of nitro groups is 1. The minimum absolute atomic E-state index is 0.0113. The Hall–Kier alpha value is -3.54. The fourth-order valence-electron chi connectivity index (χ4n) is 3.57. The normalized spacial score (nSPS) is 12.0. The molecule has 2 aromatic rings. The Kier molecular flexibility index (Phi) is 9.29. The predicted molar refractivity (Wildman–Crippen MR) is 130 cm³/mol. The highest BCUT2D eigenvalue weighted by Crippen LogP contribution is 2.28. The van der Waals surface area contributed by atoms with Crippen LogP contribution in [0.5, 0.6) is 0 Å². The Morgan fingerprint density at radius 2 is 1.77 bits per heavy atom. The lowest BCUT2D eigenvalue weighted by Crippen LogP contribution is -2.52. The Morgan fingerprint density at radius 3 is 2.29 bits per heavy atom. The number of benzene rings is 2. The van der Waals surface area contributed by atoms with Gasteiger partial charge in [0.25, 0.3) is 5.69 Å². The van der Waals surface area contributed by atoms with Gasteiger partial charge >= 0.3 is 0 Å². The molecule has 0 fully saturated rings. The first-order valence-electron chi connectivity index (χ1n) is 10.9. The quantitative estimate of drug-likeness (QED) is 0.367. The molecule has 0 saturated heterocycles. The molecule has 1 atom stereocenters. The van der Waals surface area contributed by atoms with Gasteiger partial charge in [-0.05, 0) is 43.5 Å². The molecule has 0 radical (unpaired) electrons. The summed E-state index contributed by atoms with van der Waals surface area (Å²) in [4.78, 5) is 38.1. The maximum atomic E-state index is 13.5. The lowest BCUT2D eigenvalue weighted by Gasteiger charge is -2.33. The van der Waals surface area contributed by atoms with Gasteiger partial charge in [0.05, 0.1) is 16.9 Å². The maximum Gasteiger partial charge on any atom is 0.271 e. The lowest BCUT2D eigenvalue weighted by molar-refractivity contribution is -0.384. The molecule has 2 rings (SSSR count). The van der Waals surface area contributed by atoms with Crippen molar-refractivity contribution in [2.45, 2.75) is 39.8 Å². The summed E-state index contributed by atoms with van der Waals surface area (Å²) in [7, 11) is -4.04. The van der Waals surface area contributed by atoms with E-state index < -0.39 is 45.2 Å². The minimum Gasteiger partial charge on any atom is -0.355 e. The number of non-ortho nitro benzene ring substituents is 1. The summed E-state index contributed by atoms with van der Waals surface area (Å²) in [6.07, 6.45) is 1.14. The minimum atomic E-state index is -4.04. The Bertz CT molecular complexity index is 1190. The molecule has 10 nitrogen and oxygen atoms in total. The molecule has 2 amide bonds. The van der Waals surface area contributed by atoms with Crippen molar-refractivity contribution < 1.29 is 27.3 Å². The summed E-state index contributed by atoms with van der Waals surface area (Å²) in [6, 6.07) is 8.20. The molecule has 0 saturated carbocycles. The van der Waals surface area contributed by atoms with Crippen molar-refractivity contribution in [1.29, 1.82) is 0 Å². The third-order valence-corrected chi connectivity index (χ3v) is 6.48. The summed E-state index contributed by atoms with van der Waals surface area (Å²) in [5, 5.41) is 13.9. The molecule has 1 unspecified atom stereocenters. The highest BCUT2D eigenvalue weighted by Gasteiger charge is 2.32. The third kappa shape index (κ3) is 7.22. The van der Waals surface area contributed by atoms with E-state index in [4.69, 9.17) is 0 Å². The molecule has 190 valence electrons. The van der Waals surface area contributed by atoms with Gasteiger partial charge in [-0.2, -0.15) is 0 Å². The number of hydrogen-bond acceptors (Lipinski definition) is 6. The van der Waals surface area contributed by atoms with Crippen LogP contribution < -0.4 is 9.62 Å². The van der Waals surface area contributed by atoms with Crippen molar-refractivity contribution in [2.75, 3.05) is 23.7 Å². The second kappa shape index (κ2) is 11.7. The van der Waals surface area contributed by atoms with Gasteiger partial charge in [-0.15, -0.1) is 0 Å². The number of sulfonamides is 1. The summed E-state index contributed by atoms with van der Waals surface area (Å²) < 4.78 is 39.5. The first-order valence-corrected chi connectivity index (χ1v) is 12.8. The molecular weight excluding hydrogens is 479 g/mol. The van der Waals surface area contributed by atoms with E-state index in [2.05, 4.69) is 5.32 Å². The van der Waals surface area contributed by atoms with Crippen molar-refractivity contribution in [3.05, 3.63) is 69.5 Å². The summed E-state index contributed by atoms with van der Waals surface area (Å²) in [5.74, 6) is -1.57. The molecule has 2 aromatic carbocycles. The second-order valence-corrected chi connectivity index (χ2v) is 9.87. The van der Waals surface area contributed by atoms with Gasteiger partial charge in [0.1, 0.15) is 18.4 Å². The zero-order chi connectivity index (χ0) is 26.3. The molecule has 1 N–H and O–H groups in total. The monoisotopic (exact) mass is 508 g/mol. The lowest BCUT2D eigenvalue weighted by atomic mass is 10.1. The average molecular weight is 509 g/mol. The number of nitro benzene ring substituents is 1. The van der Waals surface area contributed by atoms with Crippen LogP contribution in [0, 0.1) is 22.9 Å². The molecule has 0 bridgehead atoms. The summed E-state index contributed by atoms with van der Waals surface area (Å²) >= 11 is 0. The van der Waals surface area contributed by atoms with E-state index in [1.807, 2.05) is 0 Å². The smallest absolute Gasteiger partial charge is 0.271 e. The summed E-state index contributed by atoms with van der Waals surface area (Å²) in [5.41, 5.74) is 0.612. The second-order valence-electron chi connectivity index (χ2n) is 7.96. The number of carbonyl (C=O) groups is 2. The number of nitrogens with one attached hydrogen (secondary N) is 1. The highest BCUT2D eigenvalue weighted by atomic mass is 32.2. The number of likely N-dealkylation sites (N-methyl/N-ethyl adjacent to an activating group) is 1. The molecule has 0 heterocycles. The fourth-order valence-corrected chi connectivity index (χ4v) is 4.47. The first-order chi connectivity index (χ1) is 16.4. The highest BCUT2D eigenvalue weighted by molar-refractivity contribution is 7.92. The number of nitrogens with zero attached hydrogens (tertiary/aromatic N) is 3. The molecule has 0 aliphatic carbocycles. The van der Waals surface area contributed by atoms with E-state index in [0.717, 1.165) is 16.6 Å². The number of amides is 2. The van der Waals surface area contributed by atoms with Crippen molar-refractivity contribution in [2.24, 2.45) is 0 Å². The zero-order valence-electron chi connectivity index (χ0n) is 20.0. The van der Waals surface area contributed by atoms with Crippen molar-refractivity contribution in [1.82, 2.24) is 10.2 Å². The van der Waals surface area contributed by atoms with Crippen LogP contribution in [0.4, 0.5) is 15.8 Å². The predicted octanol–water partition coefficient (Wildman–Crippen LogP) is 2.75. The van der Waals surface area contributed by atoms with Gasteiger partial charge in [0.15, 0.2) is 0 Å². The standard InChI is InChI=1S/C23H29FN4O6S/c1-5-20(23(30)25-6-2)26(14-17-8-10-18(24)11-9-17)22(29)15-27(35(4,33)34)21-13-19(28(31)32)12-7-16(21)3/h7-13,20H,5-6,14-15H2,1-4H3,(H,25,30). The Balaban J connectivity index is 2.51. The van der Waals surface area contributed by atoms with Crippen LogP contribution in [0.15, 0.2) is 42.5 Å². The van der Waals surface area contributed by atoms with Gasteiger partial charge in [0.2, 0.25) is 21.8 Å². The van der Waals surface area contributed by atoms with Crippen molar-refractivity contribution >= 4 is 33.2 Å². The topological polar surface area (TPSA) is 130 Å². The largest absolute Gasteiger partial charge is 0.355 e. The summed E-state index contributed by atoms with van der Waals surface area (Å²) in [6.45, 7) is 4.59. The number of hydrogen-bond donors (Lipinski definition) is 1. The molecule has 0 spiro atoms. The molecule has 0 aliphatic rings. The van der Waals surface area contributed by atoms with Crippen molar-refractivity contribution in [3.8, 4) is 0 Å². The molecule has 0 aromatic heterocycles. The molecule has 35 heavy (non-hydrogen) atoms. The van der Waals surface area contributed by atoms with E-state index in [1.54, 1.807) is 20.8 Å². The third-order valence-electron chi connectivity index (χ3n) is 5.35. The van der Waals surface area contributed by atoms with Crippen LogP contribution >= 0.6 is 0 Å². The van der Waals surface area contributed by atoms with Crippen LogP contribution in [0.1, 0.15) is 31.4 Å². The SMILES string of the molecule is CCNC(=O)C(CC)N(Cc1ccc(F)cc1)C(=O)CN(c1cc([N+](=O)[O-])ccc1C)S(C)(=O)=O. The van der Waals surface area contributed by atoms with E-state index >= 15 is 0 Å². The number of carbonyl (C=O) groups excluding carboxylic acids is 2. The van der Waals surface area contributed by atoms with Crippen LogP contribution in [-0.4, -0.2) is 55.4 Å². The number of halogens is 1. The fraction of sp³-hybridized carbons (Fsp3) is 0.391. The molecule has 12 heteroatoms. The van der Waals surface area contributed by atoms with Crippen LogP contribution in [0.2, 0.25) is 0 Å². The first kappa shape index (κ1) is 27.7. The van der Waals surface area contributed by atoms with Gasteiger partial charge in [0, 0.05) is 25.2 Å². The number of rotatable bonds is 11. The van der Waals surface area contributed by atoms with Crippen LogP contribution in [-0.2, 0) is 26.2 Å². The molecular formula is C23H29FN4O6S. The number of aryl methyl sites for hydroxylation is 1. The van der Waals surface area contributed by atoms with E-state index in [9.17, 15) is 32.5 Å². The van der Waals surface area contributed by atoms with Crippen molar-refractivity contribution in [3.63, 3.8) is 0 Å². The van der Waals surface area contributed by atoms with Crippen LogP contribution in [0.3, 0.4) is 0 Å². The van der Waals surface area contributed by atoms with Gasteiger partial charge in [-0.25, -0.2) is 12.8 Å². The number of anilines is 1. The zero-order valence-corrected chi connectivity index (χ0v) is 20.8. The molecule has 0 aliphatic heterocycles. The van der Waals surface area contributed by atoms with E-state index in [-0.39, 0.29) is 24.3 Å². The van der Waals surface area contributed by atoms with E-state index in [0.29, 0.717) is 17.7 Å². The maximum absolute atomic E-state index is 13.5. The van der Waals surface area contributed by atoms with Gasteiger partial charge in [-0.3, -0.25) is 24.0 Å². The van der Waals surface area contributed by atoms with Gasteiger partial charge < -0.3 is 10.2 Å². The van der Waals surface area contributed by atoms with E-state index in [1.165, 1.54) is 41.3 Å². The average Bonchev–Trinajstić information content (AvgIpc) is 2.78. The Morgan fingerprint density at radius 1 is 1.14 bits per heavy atom. The Labute approximate surface area is 203 Å².